The first-order valence-electron chi connectivity index (χ1n) is 9.52. The zero-order valence-corrected chi connectivity index (χ0v) is 17.4. The molecule has 4 rings (SSSR count). The fourth-order valence-corrected chi connectivity index (χ4v) is 4.95. The van der Waals surface area contributed by atoms with Crippen LogP contribution < -0.4 is 9.62 Å². The number of anilines is 1. The first-order chi connectivity index (χ1) is 14.2. The minimum Gasteiger partial charge on any atom is -0.466 e. The molecule has 1 aromatic heterocycles. The van der Waals surface area contributed by atoms with Crippen molar-refractivity contribution in [2.24, 2.45) is 0 Å². The number of carbonyl (C=O) groups excluding carboxylic acids is 3. The van der Waals surface area contributed by atoms with Gasteiger partial charge in [-0.3, -0.25) is 18.8 Å². The zero-order chi connectivity index (χ0) is 21.7. The first-order valence-corrected chi connectivity index (χ1v) is 11.1. The highest BCUT2D eigenvalue weighted by Gasteiger charge is 2.51. The topological polar surface area (TPSA) is 117 Å². The van der Waals surface area contributed by atoms with Gasteiger partial charge in [0, 0.05) is 12.1 Å². The maximum absolute atomic E-state index is 12.8. The van der Waals surface area contributed by atoms with E-state index in [9.17, 15) is 22.8 Å². The van der Waals surface area contributed by atoms with Gasteiger partial charge in [0.05, 0.1) is 24.2 Å². The normalized spacial score (nSPS) is 21.1. The van der Waals surface area contributed by atoms with Gasteiger partial charge in [0.25, 0.3) is 5.91 Å². The SMILES string of the molecule is CCS(=O)(=O)N1CCc2cc(C(=O)CN3C(=O)NC(C)(c4ccco4)C3=O)ccc21. The largest absolute Gasteiger partial charge is 0.466 e. The second kappa shape index (κ2) is 6.98. The highest BCUT2D eigenvalue weighted by molar-refractivity contribution is 7.92. The molecule has 10 heteroatoms. The number of furan rings is 1. The number of imide groups is 1. The summed E-state index contributed by atoms with van der Waals surface area (Å²) < 4.78 is 31.0. The summed E-state index contributed by atoms with van der Waals surface area (Å²) in [6.07, 6.45) is 1.90. The molecule has 1 aromatic carbocycles. The number of rotatable bonds is 6. The van der Waals surface area contributed by atoms with E-state index < -0.39 is 39.8 Å². The van der Waals surface area contributed by atoms with Gasteiger partial charge in [0.2, 0.25) is 10.0 Å². The predicted molar refractivity (Wildman–Crippen MR) is 108 cm³/mol. The van der Waals surface area contributed by atoms with Crippen LogP contribution in [-0.4, -0.2) is 49.9 Å². The second-order valence-electron chi connectivity index (χ2n) is 7.41. The highest BCUT2D eigenvalue weighted by Crippen LogP contribution is 2.32. The minimum absolute atomic E-state index is 0.00621. The Hall–Kier alpha value is -3.14. The maximum atomic E-state index is 12.8. The summed E-state index contributed by atoms with van der Waals surface area (Å²) >= 11 is 0. The number of urea groups is 1. The number of hydrogen-bond acceptors (Lipinski definition) is 6. The summed E-state index contributed by atoms with van der Waals surface area (Å²) in [7, 11) is -3.38. The molecule has 3 heterocycles. The van der Waals surface area contributed by atoms with Gasteiger partial charge in [-0.2, -0.15) is 0 Å². The van der Waals surface area contributed by atoms with Crippen molar-refractivity contribution in [1.29, 1.82) is 0 Å². The van der Waals surface area contributed by atoms with Crippen LogP contribution >= 0.6 is 0 Å². The highest BCUT2D eigenvalue weighted by atomic mass is 32.2. The van der Waals surface area contributed by atoms with Crippen LogP contribution in [0.25, 0.3) is 0 Å². The zero-order valence-electron chi connectivity index (χ0n) is 16.5. The molecule has 0 bridgehead atoms. The number of amides is 3. The molecule has 1 unspecified atom stereocenters. The molecule has 2 aromatic rings. The Labute approximate surface area is 173 Å². The Morgan fingerprint density at radius 1 is 1.27 bits per heavy atom. The second-order valence-corrected chi connectivity index (χ2v) is 9.60. The number of hydrogen-bond donors (Lipinski definition) is 1. The lowest BCUT2D eigenvalue weighted by Gasteiger charge is -2.19. The maximum Gasteiger partial charge on any atom is 0.325 e. The third-order valence-electron chi connectivity index (χ3n) is 5.55. The van der Waals surface area contributed by atoms with E-state index in [0.717, 1.165) is 10.5 Å². The monoisotopic (exact) mass is 431 g/mol. The van der Waals surface area contributed by atoms with Gasteiger partial charge in [-0.25, -0.2) is 13.2 Å². The lowest BCUT2D eigenvalue weighted by atomic mass is 9.99. The Morgan fingerprint density at radius 3 is 2.70 bits per heavy atom. The van der Waals surface area contributed by atoms with Crippen LogP contribution in [0, 0.1) is 0 Å². The van der Waals surface area contributed by atoms with Crippen LogP contribution in [0.3, 0.4) is 0 Å². The number of ketones is 1. The van der Waals surface area contributed by atoms with E-state index in [1.165, 1.54) is 23.6 Å². The molecule has 0 saturated carbocycles. The van der Waals surface area contributed by atoms with Crippen LogP contribution in [0.2, 0.25) is 0 Å². The van der Waals surface area contributed by atoms with E-state index in [0.29, 0.717) is 24.2 Å². The number of fused-ring (bicyclic) bond motifs is 1. The summed E-state index contributed by atoms with van der Waals surface area (Å²) in [5.41, 5.74) is 0.259. The van der Waals surface area contributed by atoms with Gasteiger partial charge < -0.3 is 9.73 Å². The molecular formula is C20H21N3O6S. The minimum atomic E-state index is -3.38. The summed E-state index contributed by atoms with van der Waals surface area (Å²) in [5.74, 6) is -0.710. The Balaban J connectivity index is 1.54. The Kier molecular flexibility index (Phi) is 4.69. The number of benzene rings is 1. The summed E-state index contributed by atoms with van der Waals surface area (Å²) in [4.78, 5) is 38.9. The molecule has 2 aliphatic heterocycles. The van der Waals surface area contributed by atoms with Crippen molar-refractivity contribution in [3.8, 4) is 0 Å². The van der Waals surface area contributed by atoms with Crippen LogP contribution in [0.15, 0.2) is 41.0 Å². The van der Waals surface area contributed by atoms with Gasteiger partial charge in [-0.15, -0.1) is 0 Å². The fraction of sp³-hybridized carbons (Fsp3) is 0.350. The average Bonchev–Trinajstić information content (AvgIpc) is 3.44. The summed E-state index contributed by atoms with van der Waals surface area (Å²) in [6.45, 7) is 3.02. The van der Waals surface area contributed by atoms with Crippen LogP contribution in [0.5, 0.6) is 0 Å². The van der Waals surface area contributed by atoms with E-state index in [4.69, 9.17) is 4.42 Å². The Morgan fingerprint density at radius 2 is 2.03 bits per heavy atom. The van der Waals surface area contributed by atoms with Crippen molar-refractivity contribution >= 4 is 33.4 Å². The van der Waals surface area contributed by atoms with Crippen molar-refractivity contribution in [3.63, 3.8) is 0 Å². The van der Waals surface area contributed by atoms with Crippen LogP contribution in [-0.2, 0) is 26.8 Å². The van der Waals surface area contributed by atoms with E-state index in [1.54, 1.807) is 31.2 Å². The van der Waals surface area contributed by atoms with Crippen molar-refractivity contribution in [2.45, 2.75) is 25.8 Å². The fourth-order valence-electron chi connectivity index (χ4n) is 3.80. The molecule has 9 nitrogen and oxygen atoms in total. The van der Waals surface area contributed by atoms with E-state index >= 15 is 0 Å². The summed E-state index contributed by atoms with van der Waals surface area (Å²) in [5, 5.41) is 2.58. The number of Topliss-reactive ketones (excluding diaryl/α,β-unsaturated/α-hetero) is 1. The number of nitrogens with zero attached hydrogens (tertiary/aromatic N) is 2. The molecule has 3 amide bonds. The van der Waals surface area contributed by atoms with Crippen molar-refractivity contribution in [3.05, 3.63) is 53.5 Å². The third kappa shape index (κ3) is 3.07. The average molecular weight is 431 g/mol. The molecule has 30 heavy (non-hydrogen) atoms. The van der Waals surface area contributed by atoms with E-state index in [2.05, 4.69) is 5.32 Å². The van der Waals surface area contributed by atoms with Gasteiger partial charge >= 0.3 is 6.03 Å². The van der Waals surface area contributed by atoms with Crippen molar-refractivity contribution in [2.75, 3.05) is 23.1 Å². The number of nitrogens with one attached hydrogen (secondary N) is 1. The molecule has 158 valence electrons. The number of carbonyl (C=O) groups is 3. The first kappa shape index (κ1) is 20.1. The Bertz CT molecular complexity index is 1140. The molecule has 1 saturated heterocycles. The smallest absolute Gasteiger partial charge is 0.325 e. The third-order valence-corrected chi connectivity index (χ3v) is 7.33. The van der Waals surface area contributed by atoms with Crippen molar-refractivity contribution in [1.82, 2.24) is 10.2 Å². The molecule has 1 N–H and O–H groups in total. The van der Waals surface area contributed by atoms with Gasteiger partial charge in [0.1, 0.15) is 5.76 Å². The predicted octanol–water partition coefficient (Wildman–Crippen LogP) is 1.64. The van der Waals surface area contributed by atoms with Gasteiger partial charge in [-0.05, 0) is 56.2 Å². The lowest BCUT2D eigenvalue weighted by molar-refractivity contribution is -0.131. The van der Waals surface area contributed by atoms with Crippen molar-refractivity contribution < 1.29 is 27.2 Å². The van der Waals surface area contributed by atoms with E-state index in [1.807, 2.05) is 0 Å². The quantitative estimate of drug-likeness (QED) is 0.549. The molecule has 0 radical (unpaired) electrons. The molecular weight excluding hydrogens is 410 g/mol. The van der Waals surface area contributed by atoms with Gasteiger partial charge in [-0.1, -0.05) is 0 Å². The number of sulfonamides is 1. The standard InChI is InChI=1S/C20H21N3O6S/c1-3-30(27,28)23-9-8-13-11-14(6-7-15(13)23)16(24)12-22-18(25)20(2,21-19(22)26)17-5-4-10-29-17/h4-7,10-11H,3,8-9,12H2,1-2H3,(H,21,26). The van der Waals surface area contributed by atoms with Gasteiger partial charge in [0.15, 0.2) is 11.3 Å². The molecule has 0 aliphatic carbocycles. The molecule has 1 atom stereocenters. The molecule has 0 spiro atoms. The lowest BCUT2D eigenvalue weighted by Crippen LogP contribution is -2.41. The summed E-state index contributed by atoms with van der Waals surface area (Å²) in [6, 6.07) is 7.28. The van der Waals surface area contributed by atoms with Crippen LogP contribution in [0.1, 0.15) is 35.5 Å². The van der Waals surface area contributed by atoms with Crippen LogP contribution in [0.4, 0.5) is 10.5 Å². The molecule has 1 fully saturated rings. The van der Waals surface area contributed by atoms with E-state index in [-0.39, 0.29) is 11.5 Å². The molecule has 2 aliphatic rings.